The van der Waals surface area contributed by atoms with E-state index in [0.717, 1.165) is 27.6 Å². The van der Waals surface area contributed by atoms with E-state index in [1.807, 2.05) is 91.9 Å². The molecule has 4 rings (SSSR count). The molecule has 0 heterocycles. The van der Waals surface area contributed by atoms with E-state index in [9.17, 15) is 14.7 Å². The van der Waals surface area contributed by atoms with Crippen LogP contribution in [0.2, 0.25) is 0 Å². The molecular weight excluding hydrogens is 414 g/mol. The molecule has 5 heteroatoms. The van der Waals surface area contributed by atoms with Gasteiger partial charge in [0.25, 0.3) is 5.91 Å². The van der Waals surface area contributed by atoms with E-state index >= 15 is 0 Å². The fourth-order valence-corrected chi connectivity index (χ4v) is 3.73. The molecular formula is C28H25NO4. The average Bonchev–Trinajstić information content (AvgIpc) is 2.84. The van der Waals surface area contributed by atoms with Crippen LogP contribution in [0.4, 0.5) is 0 Å². The Hall–Kier alpha value is -4.12. The van der Waals surface area contributed by atoms with Gasteiger partial charge in [-0.25, -0.2) is 4.79 Å². The number of rotatable bonds is 8. The fourth-order valence-electron chi connectivity index (χ4n) is 3.73. The van der Waals surface area contributed by atoms with Crippen molar-refractivity contribution in [3.8, 4) is 5.75 Å². The lowest BCUT2D eigenvalue weighted by Gasteiger charge is -2.16. The van der Waals surface area contributed by atoms with Gasteiger partial charge in [-0.3, -0.25) is 4.79 Å². The molecule has 0 aliphatic carbocycles. The maximum atomic E-state index is 12.8. The molecule has 0 fully saturated rings. The topological polar surface area (TPSA) is 75.6 Å². The molecule has 4 aromatic carbocycles. The number of ether oxygens (including phenoxy) is 1. The Balaban J connectivity index is 1.47. The van der Waals surface area contributed by atoms with E-state index < -0.39 is 17.9 Å². The van der Waals surface area contributed by atoms with E-state index in [4.69, 9.17) is 4.74 Å². The van der Waals surface area contributed by atoms with Crippen LogP contribution in [0.15, 0.2) is 97.1 Å². The molecule has 5 nitrogen and oxygen atoms in total. The summed E-state index contributed by atoms with van der Waals surface area (Å²) < 4.78 is 6.08. The lowest BCUT2D eigenvalue weighted by atomic mass is 10.0. The van der Waals surface area contributed by atoms with Crippen molar-refractivity contribution in [2.75, 3.05) is 0 Å². The van der Waals surface area contributed by atoms with Crippen LogP contribution in [0.1, 0.15) is 34.5 Å². The SMILES string of the molecule is CC(Oc1ccc2cc(C(=O)NC(Cc3ccccc3)C(=O)O)ccc2c1)c1ccccc1. The minimum atomic E-state index is -1.07. The first-order chi connectivity index (χ1) is 16.0. The number of hydrogen-bond acceptors (Lipinski definition) is 3. The standard InChI is InChI=1S/C28H25NO4/c1-19(21-10-6-3-7-11-21)33-25-15-14-22-17-24(13-12-23(22)18-25)27(30)29-26(28(31)32)16-20-8-4-2-5-9-20/h2-15,17-19,26H,16H2,1H3,(H,29,30)(H,31,32). The molecule has 1 amide bonds. The number of carbonyl (C=O) groups excluding carboxylic acids is 1. The number of fused-ring (bicyclic) bond motifs is 1. The highest BCUT2D eigenvalue weighted by molar-refractivity contribution is 6.00. The van der Waals surface area contributed by atoms with Crippen molar-refractivity contribution in [2.24, 2.45) is 0 Å². The Morgan fingerprint density at radius 3 is 2.18 bits per heavy atom. The molecule has 4 aromatic rings. The predicted octanol–water partition coefficient (Wildman–Crippen LogP) is 5.41. The van der Waals surface area contributed by atoms with E-state index in [-0.39, 0.29) is 12.5 Å². The summed E-state index contributed by atoms with van der Waals surface area (Å²) >= 11 is 0. The minimum Gasteiger partial charge on any atom is -0.486 e. The Morgan fingerprint density at radius 1 is 0.848 bits per heavy atom. The van der Waals surface area contributed by atoms with Crippen molar-refractivity contribution in [2.45, 2.75) is 25.5 Å². The van der Waals surface area contributed by atoms with Gasteiger partial charge in [0.2, 0.25) is 0 Å². The summed E-state index contributed by atoms with van der Waals surface area (Å²) in [6.07, 6.45) is 0.127. The molecule has 166 valence electrons. The molecule has 0 aromatic heterocycles. The van der Waals surface area contributed by atoms with Gasteiger partial charge in [0.05, 0.1) is 0 Å². The van der Waals surface area contributed by atoms with Gasteiger partial charge in [0, 0.05) is 12.0 Å². The van der Waals surface area contributed by atoms with Crippen molar-refractivity contribution < 1.29 is 19.4 Å². The van der Waals surface area contributed by atoms with Crippen LogP contribution in [0.25, 0.3) is 10.8 Å². The van der Waals surface area contributed by atoms with Crippen molar-refractivity contribution >= 4 is 22.6 Å². The summed E-state index contributed by atoms with van der Waals surface area (Å²) in [5.74, 6) is -0.745. The number of aliphatic carboxylic acids is 1. The van der Waals surface area contributed by atoms with Crippen LogP contribution in [-0.2, 0) is 11.2 Å². The van der Waals surface area contributed by atoms with Crippen LogP contribution in [-0.4, -0.2) is 23.0 Å². The zero-order chi connectivity index (χ0) is 23.2. The molecule has 0 spiro atoms. The van der Waals surface area contributed by atoms with Crippen LogP contribution in [0.5, 0.6) is 5.75 Å². The first-order valence-corrected chi connectivity index (χ1v) is 10.8. The van der Waals surface area contributed by atoms with Gasteiger partial charge in [-0.05, 0) is 53.1 Å². The molecule has 0 saturated carbocycles. The fraction of sp³-hybridized carbons (Fsp3) is 0.143. The first-order valence-electron chi connectivity index (χ1n) is 10.8. The Bertz CT molecular complexity index is 1250. The molecule has 2 unspecified atom stereocenters. The van der Waals surface area contributed by atoms with Crippen molar-refractivity contribution in [1.82, 2.24) is 5.32 Å². The summed E-state index contributed by atoms with van der Waals surface area (Å²) in [6, 6.07) is 29.2. The minimum absolute atomic E-state index is 0.0914. The van der Waals surface area contributed by atoms with Crippen molar-refractivity contribution in [3.05, 3.63) is 114 Å². The molecule has 0 radical (unpaired) electrons. The largest absolute Gasteiger partial charge is 0.486 e. The third-order valence-electron chi connectivity index (χ3n) is 5.54. The van der Waals surface area contributed by atoms with Crippen LogP contribution in [0.3, 0.4) is 0 Å². The maximum absolute atomic E-state index is 12.8. The van der Waals surface area contributed by atoms with Crippen LogP contribution < -0.4 is 10.1 Å². The second-order valence-corrected chi connectivity index (χ2v) is 7.95. The zero-order valence-electron chi connectivity index (χ0n) is 18.3. The molecule has 33 heavy (non-hydrogen) atoms. The quantitative estimate of drug-likeness (QED) is 0.385. The summed E-state index contributed by atoms with van der Waals surface area (Å²) in [5.41, 5.74) is 2.35. The van der Waals surface area contributed by atoms with Gasteiger partial charge in [-0.2, -0.15) is 0 Å². The lowest BCUT2D eigenvalue weighted by molar-refractivity contribution is -0.139. The number of amides is 1. The van der Waals surface area contributed by atoms with Crippen molar-refractivity contribution in [3.63, 3.8) is 0 Å². The third-order valence-corrected chi connectivity index (χ3v) is 5.54. The monoisotopic (exact) mass is 439 g/mol. The lowest BCUT2D eigenvalue weighted by Crippen LogP contribution is -2.42. The smallest absolute Gasteiger partial charge is 0.326 e. The predicted molar refractivity (Wildman–Crippen MR) is 128 cm³/mol. The highest BCUT2D eigenvalue weighted by Crippen LogP contribution is 2.26. The average molecular weight is 440 g/mol. The second-order valence-electron chi connectivity index (χ2n) is 7.95. The first kappa shape index (κ1) is 22.1. The molecule has 2 N–H and O–H groups in total. The number of carbonyl (C=O) groups is 2. The van der Waals surface area contributed by atoms with E-state index in [1.54, 1.807) is 12.1 Å². The summed E-state index contributed by atoms with van der Waals surface area (Å²) in [5, 5.41) is 14.0. The van der Waals surface area contributed by atoms with E-state index in [1.165, 1.54) is 0 Å². The molecule has 2 atom stereocenters. The molecule has 0 bridgehead atoms. The Morgan fingerprint density at radius 2 is 1.48 bits per heavy atom. The highest BCUT2D eigenvalue weighted by Gasteiger charge is 2.21. The van der Waals surface area contributed by atoms with Crippen LogP contribution in [0, 0.1) is 0 Å². The summed E-state index contributed by atoms with van der Waals surface area (Å²) in [6.45, 7) is 2.00. The Kier molecular flexibility index (Phi) is 6.69. The second kappa shape index (κ2) is 10.0. The van der Waals surface area contributed by atoms with E-state index in [2.05, 4.69) is 5.32 Å². The molecule has 0 saturated heterocycles. The van der Waals surface area contributed by atoms with Gasteiger partial charge in [-0.1, -0.05) is 72.8 Å². The number of carboxylic acids is 1. The molecule has 0 aliphatic rings. The van der Waals surface area contributed by atoms with Crippen LogP contribution >= 0.6 is 0 Å². The number of benzene rings is 4. The summed E-state index contributed by atoms with van der Waals surface area (Å²) in [4.78, 5) is 24.4. The number of nitrogens with one attached hydrogen (secondary N) is 1. The van der Waals surface area contributed by atoms with Gasteiger partial charge < -0.3 is 15.2 Å². The number of hydrogen-bond donors (Lipinski definition) is 2. The maximum Gasteiger partial charge on any atom is 0.326 e. The summed E-state index contributed by atoms with van der Waals surface area (Å²) in [7, 11) is 0. The van der Waals surface area contributed by atoms with E-state index in [0.29, 0.717) is 5.56 Å². The molecule has 0 aliphatic heterocycles. The van der Waals surface area contributed by atoms with Gasteiger partial charge in [0.15, 0.2) is 0 Å². The van der Waals surface area contributed by atoms with Gasteiger partial charge in [-0.15, -0.1) is 0 Å². The Labute approximate surface area is 192 Å². The third kappa shape index (κ3) is 5.57. The van der Waals surface area contributed by atoms with Crippen molar-refractivity contribution in [1.29, 1.82) is 0 Å². The number of carboxylic acid groups (broad SMARTS) is 1. The highest BCUT2D eigenvalue weighted by atomic mass is 16.5. The van der Waals surface area contributed by atoms with Gasteiger partial charge in [0.1, 0.15) is 17.9 Å². The van der Waals surface area contributed by atoms with Gasteiger partial charge >= 0.3 is 5.97 Å². The zero-order valence-corrected chi connectivity index (χ0v) is 18.3. The normalized spacial score (nSPS) is 12.6.